The Morgan fingerprint density at radius 1 is 0.643 bits per heavy atom. The van der Waals surface area contributed by atoms with E-state index in [1.165, 1.54) is 11.1 Å². The second-order valence-electron chi connectivity index (χ2n) is 2.92. The first-order valence-corrected chi connectivity index (χ1v) is 4.15. The normalized spacial score (nSPS) is 7.57. The summed E-state index contributed by atoms with van der Waals surface area (Å²) in [5.41, 5.74) is 2.69. The number of hydrogen-bond acceptors (Lipinski definition) is 0. The smallest absolute Gasteiger partial charge is 0.412 e. The summed E-state index contributed by atoms with van der Waals surface area (Å²) >= 11 is 0. The number of rotatable bonds is 0. The van der Waals surface area contributed by atoms with Gasteiger partial charge in [-0.15, -0.1) is 0 Å². The maximum absolute atomic E-state index is 2.08. The molecule has 0 amide bonds. The summed E-state index contributed by atoms with van der Waals surface area (Å²) in [5.74, 6) is 0. The molecule has 2 rings (SSSR count). The van der Waals surface area contributed by atoms with Crippen LogP contribution in [0.25, 0.3) is 0 Å². The van der Waals surface area contributed by atoms with E-state index < -0.39 is 0 Å². The molecular formula is C12H16FeO. The third kappa shape index (κ3) is 6.67. The zero-order valence-corrected chi connectivity index (χ0v) is 9.58. The second-order valence-corrected chi connectivity index (χ2v) is 2.92. The van der Waals surface area contributed by atoms with Crippen molar-refractivity contribution >= 4 is 0 Å². The largest absolute Gasteiger partial charge is 2.00 e. The summed E-state index contributed by atoms with van der Waals surface area (Å²) in [6.07, 6.45) is 0. The van der Waals surface area contributed by atoms with Gasteiger partial charge in [0.15, 0.2) is 0 Å². The summed E-state index contributed by atoms with van der Waals surface area (Å²) in [5, 5.41) is 0. The van der Waals surface area contributed by atoms with Crippen molar-refractivity contribution in [3.63, 3.8) is 0 Å². The van der Waals surface area contributed by atoms with Crippen molar-refractivity contribution in [3.8, 4) is 0 Å². The summed E-state index contributed by atoms with van der Waals surface area (Å²) in [4.78, 5) is 0. The third-order valence-corrected chi connectivity index (χ3v) is 1.66. The predicted molar refractivity (Wildman–Crippen MR) is 57.2 cm³/mol. The summed E-state index contributed by atoms with van der Waals surface area (Å²) in [6, 6.07) is 16.5. The molecule has 0 saturated heterocycles. The zero-order chi connectivity index (χ0) is 8.81. The average Bonchev–Trinajstić information content (AvgIpc) is 2.63. The molecule has 0 spiro atoms. The Bertz CT molecular complexity index is 250. The van der Waals surface area contributed by atoms with Crippen molar-refractivity contribution in [2.45, 2.75) is 13.8 Å². The molecule has 0 aliphatic carbocycles. The Morgan fingerprint density at radius 3 is 0.929 bits per heavy atom. The fourth-order valence-electron chi connectivity index (χ4n) is 0.940. The maximum atomic E-state index is 2.08. The summed E-state index contributed by atoms with van der Waals surface area (Å²) < 4.78 is 0. The second kappa shape index (κ2) is 8.76. The molecule has 2 N–H and O–H groups in total. The number of hydrogen-bond donors (Lipinski definition) is 0. The van der Waals surface area contributed by atoms with Gasteiger partial charge in [-0.25, -0.2) is 24.3 Å². The van der Waals surface area contributed by atoms with Crippen molar-refractivity contribution in [2.24, 2.45) is 0 Å². The van der Waals surface area contributed by atoms with Crippen molar-refractivity contribution in [1.82, 2.24) is 0 Å². The molecule has 0 saturated carbocycles. The minimum absolute atomic E-state index is 0. The van der Waals surface area contributed by atoms with E-state index in [1.54, 1.807) is 0 Å². The van der Waals surface area contributed by atoms with Gasteiger partial charge >= 0.3 is 17.1 Å². The Labute approximate surface area is 96.3 Å². The number of aryl methyl sites for hydroxylation is 2. The van der Waals surface area contributed by atoms with Crippen molar-refractivity contribution in [2.75, 3.05) is 0 Å². The van der Waals surface area contributed by atoms with Crippen LogP contribution < -0.4 is 0 Å². The first kappa shape index (κ1) is 15.6. The van der Waals surface area contributed by atoms with Gasteiger partial charge < -0.3 is 5.48 Å². The minimum atomic E-state index is 0. The first-order valence-electron chi connectivity index (χ1n) is 4.15. The van der Waals surface area contributed by atoms with Crippen molar-refractivity contribution in [3.05, 3.63) is 59.7 Å². The van der Waals surface area contributed by atoms with Crippen LogP contribution in [0.15, 0.2) is 48.5 Å². The molecule has 14 heavy (non-hydrogen) atoms. The van der Waals surface area contributed by atoms with Gasteiger partial charge in [0, 0.05) is 0 Å². The fourth-order valence-corrected chi connectivity index (χ4v) is 0.940. The van der Waals surface area contributed by atoms with Crippen LogP contribution in [-0.2, 0) is 17.1 Å². The molecule has 0 atom stereocenters. The van der Waals surface area contributed by atoms with Gasteiger partial charge in [-0.1, -0.05) is 13.8 Å². The van der Waals surface area contributed by atoms with Gasteiger partial charge in [-0.2, -0.15) is 35.4 Å². The van der Waals surface area contributed by atoms with Gasteiger partial charge in [0.05, 0.1) is 0 Å². The molecule has 0 aliphatic heterocycles. The van der Waals surface area contributed by atoms with Gasteiger partial charge in [-0.05, 0) is 0 Å². The Kier molecular flexibility index (Phi) is 9.79. The standard InChI is InChI=1S/2C6H7.Fe.H2O/c2*1-6-4-2-3-5-6;;/h2*2-5H,1H3;;1H2/q2*-1;+2;. The van der Waals surface area contributed by atoms with Crippen LogP contribution in [-0.4, -0.2) is 5.48 Å². The topological polar surface area (TPSA) is 31.5 Å². The van der Waals surface area contributed by atoms with Crippen molar-refractivity contribution < 1.29 is 22.5 Å². The molecule has 2 aromatic rings. The van der Waals surface area contributed by atoms with Crippen LogP contribution in [0, 0.1) is 13.8 Å². The molecule has 2 aromatic carbocycles. The van der Waals surface area contributed by atoms with Crippen LogP contribution in [0.1, 0.15) is 11.1 Å². The van der Waals surface area contributed by atoms with E-state index in [9.17, 15) is 0 Å². The van der Waals surface area contributed by atoms with Gasteiger partial charge in [-0.3, -0.25) is 0 Å². The zero-order valence-electron chi connectivity index (χ0n) is 8.47. The molecule has 0 fully saturated rings. The Balaban J connectivity index is 0. The fraction of sp³-hybridized carbons (Fsp3) is 0.167. The Morgan fingerprint density at radius 2 is 0.857 bits per heavy atom. The molecule has 0 heterocycles. The molecule has 0 unspecified atom stereocenters. The predicted octanol–water partition coefficient (Wildman–Crippen LogP) is 2.60. The van der Waals surface area contributed by atoms with E-state index in [-0.39, 0.29) is 22.5 Å². The molecule has 78 valence electrons. The quantitative estimate of drug-likeness (QED) is 0.494. The monoisotopic (exact) mass is 232 g/mol. The van der Waals surface area contributed by atoms with Crippen LogP contribution in [0.3, 0.4) is 0 Å². The van der Waals surface area contributed by atoms with Gasteiger partial charge in [0.1, 0.15) is 0 Å². The summed E-state index contributed by atoms with van der Waals surface area (Å²) in [6.45, 7) is 4.17. The van der Waals surface area contributed by atoms with Crippen molar-refractivity contribution in [1.29, 1.82) is 0 Å². The SMILES string of the molecule is C[c-]1cccc1.C[c-]1cccc1.O.[Fe+2]. The molecule has 0 bridgehead atoms. The molecule has 1 nitrogen and oxygen atoms in total. The van der Waals surface area contributed by atoms with Crippen LogP contribution in [0.4, 0.5) is 0 Å². The minimum Gasteiger partial charge on any atom is -0.412 e. The van der Waals surface area contributed by atoms with E-state index in [0.717, 1.165) is 0 Å². The van der Waals surface area contributed by atoms with Crippen LogP contribution >= 0.6 is 0 Å². The van der Waals surface area contributed by atoms with E-state index in [4.69, 9.17) is 0 Å². The van der Waals surface area contributed by atoms with Gasteiger partial charge in [0.25, 0.3) is 0 Å². The first-order chi connectivity index (χ1) is 5.79. The van der Waals surface area contributed by atoms with E-state index in [1.807, 2.05) is 24.3 Å². The van der Waals surface area contributed by atoms with Crippen LogP contribution in [0.2, 0.25) is 0 Å². The molecule has 0 radical (unpaired) electrons. The molecule has 2 heteroatoms. The Hall–Kier alpha value is -0.821. The maximum Gasteiger partial charge on any atom is 2.00 e. The average molecular weight is 232 g/mol. The van der Waals surface area contributed by atoms with E-state index in [0.29, 0.717) is 0 Å². The van der Waals surface area contributed by atoms with Crippen LogP contribution in [0.5, 0.6) is 0 Å². The third-order valence-electron chi connectivity index (χ3n) is 1.66. The van der Waals surface area contributed by atoms with E-state index in [2.05, 4.69) is 38.1 Å². The summed E-state index contributed by atoms with van der Waals surface area (Å²) in [7, 11) is 0. The molecule has 0 aromatic heterocycles. The van der Waals surface area contributed by atoms with E-state index >= 15 is 0 Å². The molecular weight excluding hydrogens is 216 g/mol. The van der Waals surface area contributed by atoms with Gasteiger partial charge in [0.2, 0.25) is 0 Å². The molecule has 0 aliphatic rings.